The Morgan fingerprint density at radius 3 is 2.74 bits per heavy atom. The van der Waals surface area contributed by atoms with E-state index >= 15 is 0 Å². The van der Waals surface area contributed by atoms with Crippen LogP contribution in [0.3, 0.4) is 0 Å². The van der Waals surface area contributed by atoms with Crippen molar-refractivity contribution < 1.29 is 4.92 Å². The van der Waals surface area contributed by atoms with Crippen LogP contribution >= 0.6 is 0 Å². The molecule has 0 radical (unpaired) electrons. The first kappa shape index (κ1) is 12.9. The molecule has 0 aliphatic heterocycles. The van der Waals surface area contributed by atoms with Crippen LogP contribution in [-0.4, -0.2) is 21.4 Å². The SMILES string of the molecule is CCNc1cc([N+](=O)[O-])cc(-c2ccc(C)nc2)n1. The van der Waals surface area contributed by atoms with Crippen LogP contribution in [0.2, 0.25) is 0 Å². The number of rotatable bonds is 4. The minimum atomic E-state index is -0.423. The number of aryl methyl sites for hydroxylation is 1. The first-order chi connectivity index (χ1) is 9.10. The summed E-state index contributed by atoms with van der Waals surface area (Å²) in [5, 5.41) is 13.9. The molecule has 0 unspecified atom stereocenters. The zero-order chi connectivity index (χ0) is 13.8. The summed E-state index contributed by atoms with van der Waals surface area (Å²) < 4.78 is 0. The van der Waals surface area contributed by atoms with Crippen LogP contribution < -0.4 is 5.32 Å². The van der Waals surface area contributed by atoms with Gasteiger partial charge in [0, 0.05) is 30.1 Å². The maximum atomic E-state index is 10.9. The summed E-state index contributed by atoms with van der Waals surface area (Å²) in [5.41, 5.74) is 2.20. The van der Waals surface area contributed by atoms with Crippen molar-refractivity contribution in [2.24, 2.45) is 0 Å². The molecule has 0 aliphatic carbocycles. The number of hydrogen-bond acceptors (Lipinski definition) is 5. The van der Waals surface area contributed by atoms with Crippen molar-refractivity contribution in [1.82, 2.24) is 9.97 Å². The molecule has 98 valence electrons. The summed E-state index contributed by atoms with van der Waals surface area (Å²) in [4.78, 5) is 19.0. The second-order valence-corrected chi connectivity index (χ2v) is 4.07. The van der Waals surface area contributed by atoms with Crippen LogP contribution in [0.5, 0.6) is 0 Å². The maximum absolute atomic E-state index is 10.9. The van der Waals surface area contributed by atoms with Gasteiger partial charge in [0.1, 0.15) is 5.82 Å². The van der Waals surface area contributed by atoms with Crippen LogP contribution in [0.25, 0.3) is 11.3 Å². The Bertz CT molecular complexity index is 596. The van der Waals surface area contributed by atoms with E-state index in [2.05, 4.69) is 15.3 Å². The van der Waals surface area contributed by atoms with Gasteiger partial charge in [-0.2, -0.15) is 0 Å². The summed E-state index contributed by atoms with van der Waals surface area (Å²) in [5.74, 6) is 0.493. The van der Waals surface area contributed by atoms with Crippen LogP contribution in [0, 0.1) is 17.0 Å². The molecule has 2 aromatic rings. The predicted molar refractivity (Wildman–Crippen MR) is 73.0 cm³/mol. The molecule has 0 bridgehead atoms. The molecule has 2 rings (SSSR count). The normalized spacial score (nSPS) is 10.2. The molecule has 0 aromatic carbocycles. The number of aromatic nitrogens is 2. The minimum absolute atomic E-state index is 0.0153. The van der Waals surface area contributed by atoms with Crippen molar-refractivity contribution >= 4 is 11.5 Å². The molecule has 0 amide bonds. The van der Waals surface area contributed by atoms with Crippen LogP contribution in [0.15, 0.2) is 30.5 Å². The predicted octanol–water partition coefficient (Wildman–Crippen LogP) is 2.79. The largest absolute Gasteiger partial charge is 0.370 e. The fourth-order valence-electron chi connectivity index (χ4n) is 1.66. The van der Waals surface area contributed by atoms with Crippen LogP contribution in [-0.2, 0) is 0 Å². The van der Waals surface area contributed by atoms with Crippen molar-refractivity contribution in [2.45, 2.75) is 13.8 Å². The van der Waals surface area contributed by atoms with Gasteiger partial charge in [0.2, 0.25) is 0 Å². The summed E-state index contributed by atoms with van der Waals surface area (Å²) in [6.07, 6.45) is 1.66. The molecule has 2 aromatic heterocycles. The number of pyridine rings is 2. The Morgan fingerprint density at radius 2 is 2.16 bits per heavy atom. The topological polar surface area (TPSA) is 81.0 Å². The average Bonchev–Trinajstić information content (AvgIpc) is 2.39. The van der Waals surface area contributed by atoms with Crippen LogP contribution in [0.4, 0.5) is 11.5 Å². The number of nitro groups is 1. The summed E-state index contributed by atoms with van der Waals surface area (Å²) in [7, 11) is 0. The Balaban J connectivity index is 2.49. The second kappa shape index (κ2) is 5.43. The van der Waals surface area contributed by atoms with E-state index in [9.17, 15) is 10.1 Å². The lowest BCUT2D eigenvalue weighted by Gasteiger charge is -2.06. The van der Waals surface area contributed by atoms with E-state index < -0.39 is 4.92 Å². The monoisotopic (exact) mass is 258 g/mol. The van der Waals surface area contributed by atoms with Gasteiger partial charge in [0.05, 0.1) is 16.7 Å². The highest BCUT2D eigenvalue weighted by Crippen LogP contribution is 2.24. The Kier molecular flexibility index (Phi) is 3.70. The van der Waals surface area contributed by atoms with Gasteiger partial charge in [-0.15, -0.1) is 0 Å². The Morgan fingerprint density at radius 1 is 1.37 bits per heavy atom. The van der Waals surface area contributed by atoms with E-state index in [1.165, 1.54) is 12.1 Å². The molecule has 0 saturated heterocycles. The van der Waals surface area contributed by atoms with Gasteiger partial charge < -0.3 is 5.32 Å². The molecule has 0 aliphatic rings. The fourth-order valence-corrected chi connectivity index (χ4v) is 1.66. The van der Waals surface area contributed by atoms with E-state index in [4.69, 9.17) is 0 Å². The number of nitrogens with zero attached hydrogens (tertiary/aromatic N) is 3. The quantitative estimate of drug-likeness (QED) is 0.673. The van der Waals surface area contributed by atoms with Gasteiger partial charge in [-0.1, -0.05) is 0 Å². The molecule has 1 N–H and O–H groups in total. The highest BCUT2D eigenvalue weighted by Gasteiger charge is 2.12. The van der Waals surface area contributed by atoms with E-state index in [0.717, 1.165) is 11.3 Å². The summed E-state index contributed by atoms with van der Waals surface area (Å²) in [6.45, 7) is 4.45. The molecule has 0 fully saturated rings. The highest BCUT2D eigenvalue weighted by molar-refractivity contribution is 5.64. The average molecular weight is 258 g/mol. The van der Waals surface area contributed by atoms with E-state index in [0.29, 0.717) is 18.1 Å². The summed E-state index contributed by atoms with van der Waals surface area (Å²) in [6, 6.07) is 6.58. The van der Waals surface area contributed by atoms with Gasteiger partial charge >= 0.3 is 0 Å². The zero-order valence-electron chi connectivity index (χ0n) is 10.8. The third-order valence-electron chi connectivity index (χ3n) is 2.59. The van der Waals surface area contributed by atoms with Crippen molar-refractivity contribution in [2.75, 3.05) is 11.9 Å². The first-order valence-corrected chi connectivity index (χ1v) is 5.93. The number of hydrogen-bond donors (Lipinski definition) is 1. The van der Waals surface area contributed by atoms with Crippen LogP contribution in [0.1, 0.15) is 12.6 Å². The molecule has 6 heteroatoms. The lowest BCUT2D eigenvalue weighted by molar-refractivity contribution is -0.384. The van der Waals surface area contributed by atoms with Gasteiger partial charge in [-0.05, 0) is 26.0 Å². The lowest BCUT2D eigenvalue weighted by Crippen LogP contribution is -2.01. The Hall–Kier alpha value is -2.50. The van der Waals surface area contributed by atoms with Crippen molar-refractivity contribution in [3.63, 3.8) is 0 Å². The van der Waals surface area contributed by atoms with E-state index in [1.54, 1.807) is 6.20 Å². The Labute approximate surface area is 110 Å². The van der Waals surface area contributed by atoms with E-state index in [-0.39, 0.29) is 5.69 Å². The lowest BCUT2D eigenvalue weighted by atomic mass is 10.1. The summed E-state index contributed by atoms with van der Waals surface area (Å²) >= 11 is 0. The highest BCUT2D eigenvalue weighted by atomic mass is 16.6. The third kappa shape index (κ3) is 3.04. The van der Waals surface area contributed by atoms with Crippen molar-refractivity contribution in [3.05, 3.63) is 46.3 Å². The molecular formula is C13H14N4O2. The molecule has 0 atom stereocenters. The first-order valence-electron chi connectivity index (χ1n) is 5.93. The van der Waals surface area contributed by atoms with Gasteiger partial charge in [-0.25, -0.2) is 4.98 Å². The van der Waals surface area contributed by atoms with Gasteiger partial charge in [0.25, 0.3) is 5.69 Å². The van der Waals surface area contributed by atoms with Gasteiger partial charge in [0.15, 0.2) is 0 Å². The maximum Gasteiger partial charge on any atom is 0.275 e. The van der Waals surface area contributed by atoms with Crippen molar-refractivity contribution in [3.8, 4) is 11.3 Å². The molecular weight excluding hydrogens is 244 g/mol. The standard InChI is InChI=1S/C13H14N4O2/c1-3-14-13-7-11(17(18)19)6-12(16-13)10-5-4-9(2)15-8-10/h4-8H,3H2,1-2H3,(H,14,16). The zero-order valence-corrected chi connectivity index (χ0v) is 10.8. The molecule has 0 saturated carbocycles. The van der Waals surface area contributed by atoms with E-state index in [1.807, 2.05) is 26.0 Å². The smallest absolute Gasteiger partial charge is 0.275 e. The minimum Gasteiger partial charge on any atom is -0.370 e. The fraction of sp³-hybridized carbons (Fsp3) is 0.231. The second-order valence-electron chi connectivity index (χ2n) is 4.07. The molecule has 0 spiro atoms. The number of anilines is 1. The molecule has 19 heavy (non-hydrogen) atoms. The van der Waals surface area contributed by atoms with Gasteiger partial charge in [-0.3, -0.25) is 15.1 Å². The number of nitrogens with one attached hydrogen (secondary N) is 1. The van der Waals surface area contributed by atoms with Crippen molar-refractivity contribution in [1.29, 1.82) is 0 Å². The third-order valence-corrected chi connectivity index (χ3v) is 2.59. The molecule has 6 nitrogen and oxygen atoms in total. The molecule has 2 heterocycles.